The molecule has 2 nitrogen and oxygen atoms in total. The maximum atomic E-state index is 12.3. The van der Waals surface area contributed by atoms with Crippen molar-refractivity contribution in [3.8, 4) is 0 Å². The molecule has 0 fully saturated rings. The Bertz CT molecular complexity index is 559. The zero-order valence-electron chi connectivity index (χ0n) is 19.9. The summed E-state index contributed by atoms with van der Waals surface area (Å²) in [7, 11) is 0. The van der Waals surface area contributed by atoms with E-state index < -0.39 is 0 Å². The van der Waals surface area contributed by atoms with Crippen molar-refractivity contribution >= 4 is 11.6 Å². The highest BCUT2D eigenvalue weighted by Crippen LogP contribution is 2.14. The molecular formula is C28H46O2. The Balaban J connectivity index is 2.12. The minimum Gasteiger partial charge on any atom is -0.299 e. The molecule has 0 heterocycles. The smallest absolute Gasteiger partial charge is 0.170 e. The number of carbonyl (C=O) groups excluding carboxylic acids is 2. The molecule has 0 N–H and O–H groups in total. The number of hydrogen-bond acceptors (Lipinski definition) is 2. The highest BCUT2D eigenvalue weighted by atomic mass is 16.1. The average molecular weight is 415 g/mol. The highest BCUT2D eigenvalue weighted by molar-refractivity contribution is 6.07. The van der Waals surface area contributed by atoms with Gasteiger partial charge in [-0.2, -0.15) is 0 Å². The van der Waals surface area contributed by atoms with Crippen LogP contribution in [0.15, 0.2) is 24.3 Å². The van der Waals surface area contributed by atoms with E-state index in [9.17, 15) is 9.59 Å². The van der Waals surface area contributed by atoms with Crippen LogP contribution in [0, 0.1) is 0 Å². The number of rotatable bonds is 20. The maximum Gasteiger partial charge on any atom is 0.170 e. The lowest BCUT2D eigenvalue weighted by Gasteiger charge is -2.05. The summed E-state index contributed by atoms with van der Waals surface area (Å²) in [6.07, 6.45) is 20.9. The number of unbranched alkanes of at least 4 members (excludes halogenated alkanes) is 13. The van der Waals surface area contributed by atoms with Crippen LogP contribution in [0.1, 0.15) is 139 Å². The van der Waals surface area contributed by atoms with Gasteiger partial charge in [0.05, 0.1) is 6.42 Å². The first-order chi connectivity index (χ1) is 14.7. The minimum atomic E-state index is -0.0287. The van der Waals surface area contributed by atoms with Gasteiger partial charge in [-0.05, 0) is 24.8 Å². The largest absolute Gasteiger partial charge is 0.299 e. The maximum absolute atomic E-state index is 12.3. The Labute approximate surface area is 186 Å². The second-order valence-corrected chi connectivity index (χ2v) is 8.93. The zero-order valence-corrected chi connectivity index (χ0v) is 19.9. The Hall–Kier alpha value is -1.44. The van der Waals surface area contributed by atoms with Crippen LogP contribution in [-0.2, 0) is 11.2 Å². The van der Waals surface area contributed by atoms with Crippen molar-refractivity contribution in [1.29, 1.82) is 0 Å². The molecule has 1 rings (SSSR count). The fourth-order valence-corrected chi connectivity index (χ4v) is 3.97. The van der Waals surface area contributed by atoms with Crippen LogP contribution in [0.4, 0.5) is 0 Å². The topological polar surface area (TPSA) is 34.1 Å². The van der Waals surface area contributed by atoms with E-state index in [-0.39, 0.29) is 18.0 Å². The van der Waals surface area contributed by atoms with E-state index in [1.807, 2.05) is 12.1 Å². The third-order valence-electron chi connectivity index (χ3n) is 6.01. The van der Waals surface area contributed by atoms with Gasteiger partial charge in [-0.3, -0.25) is 9.59 Å². The molecule has 170 valence electrons. The molecule has 30 heavy (non-hydrogen) atoms. The van der Waals surface area contributed by atoms with Crippen molar-refractivity contribution < 1.29 is 9.59 Å². The van der Waals surface area contributed by atoms with Crippen LogP contribution in [-0.4, -0.2) is 11.6 Å². The van der Waals surface area contributed by atoms with Gasteiger partial charge in [0.25, 0.3) is 0 Å². The molecule has 2 heteroatoms. The van der Waals surface area contributed by atoms with E-state index >= 15 is 0 Å². The first-order valence-corrected chi connectivity index (χ1v) is 12.8. The van der Waals surface area contributed by atoms with Crippen LogP contribution in [0.2, 0.25) is 0 Å². The summed E-state index contributed by atoms with van der Waals surface area (Å²) in [5.74, 6) is 0.0602. The van der Waals surface area contributed by atoms with E-state index in [0.717, 1.165) is 19.3 Å². The van der Waals surface area contributed by atoms with Crippen molar-refractivity contribution in [2.24, 2.45) is 0 Å². The Kier molecular flexibility index (Phi) is 16.3. The van der Waals surface area contributed by atoms with Crippen LogP contribution < -0.4 is 0 Å². The van der Waals surface area contributed by atoms with Gasteiger partial charge in [0.2, 0.25) is 0 Å². The summed E-state index contributed by atoms with van der Waals surface area (Å²) in [5, 5.41) is 0. The van der Waals surface area contributed by atoms with Crippen molar-refractivity contribution in [2.75, 3.05) is 0 Å². The predicted octanol–water partition coefficient (Wildman–Crippen LogP) is 8.65. The molecule has 0 atom stereocenters. The van der Waals surface area contributed by atoms with Gasteiger partial charge in [-0.15, -0.1) is 0 Å². The Morgan fingerprint density at radius 1 is 0.600 bits per heavy atom. The standard InChI is InChI=1S/C28H46O2/c1-3-5-7-9-10-11-12-13-15-16-18-25-20-22-26(23-21-25)28(30)24-27(29)19-17-14-8-6-4-2/h20-23H,3-19,24H2,1-2H3. The second kappa shape index (κ2) is 18.3. The SMILES string of the molecule is CCCCCCCCCCCCc1ccc(C(=O)CC(=O)CCCCCCC)cc1. The number of Topliss-reactive ketones (excluding diaryl/α,β-unsaturated/α-hetero) is 2. The van der Waals surface area contributed by atoms with Gasteiger partial charge in [0.1, 0.15) is 5.78 Å². The van der Waals surface area contributed by atoms with E-state index in [0.29, 0.717) is 12.0 Å². The second-order valence-electron chi connectivity index (χ2n) is 8.93. The van der Waals surface area contributed by atoms with Gasteiger partial charge in [0.15, 0.2) is 5.78 Å². The van der Waals surface area contributed by atoms with Gasteiger partial charge in [-0.25, -0.2) is 0 Å². The van der Waals surface area contributed by atoms with Crippen molar-refractivity contribution in [1.82, 2.24) is 0 Å². The first-order valence-electron chi connectivity index (χ1n) is 12.8. The van der Waals surface area contributed by atoms with Crippen molar-refractivity contribution in [2.45, 2.75) is 129 Å². The summed E-state index contributed by atoms with van der Waals surface area (Å²) in [6.45, 7) is 4.45. The molecule has 0 aliphatic carbocycles. The predicted molar refractivity (Wildman–Crippen MR) is 129 cm³/mol. The molecule has 0 amide bonds. The van der Waals surface area contributed by atoms with E-state index in [4.69, 9.17) is 0 Å². The molecule has 1 aromatic carbocycles. The van der Waals surface area contributed by atoms with Crippen LogP contribution in [0.3, 0.4) is 0 Å². The van der Waals surface area contributed by atoms with Crippen LogP contribution in [0.5, 0.6) is 0 Å². The lowest BCUT2D eigenvalue weighted by molar-refractivity contribution is -0.118. The molecule has 0 unspecified atom stereocenters. The Morgan fingerprint density at radius 3 is 1.60 bits per heavy atom. The summed E-state index contributed by atoms with van der Waals surface area (Å²) in [4.78, 5) is 24.3. The summed E-state index contributed by atoms with van der Waals surface area (Å²) in [6, 6.07) is 7.94. The molecule has 0 saturated carbocycles. The monoisotopic (exact) mass is 414 g/mol. The van der Waals surface area contributed by atoms with Crippen molar-refractivity contribution in [3.63, 3.8) is 0 Å². The summed E-state index contributed by atoms with van der Waals surface area (Å²) < 4.78 is 0. The van der Waals surface area contributed by atoms with Crippen LogP contribution >= 0.6 is 0 Å². The van der Waals surface area contributed by atoms with Crippen molar-refractivity contribution in [3.05, 3.63) is 35.4 Å². The lowest BCUT2D eigenvalue weighted by atomic mass is 9.99. The number of hydrogen-bond donors (Lipinski definition) is 0. The average Bonchev–Trinajstić information content (AvgIpc) is 2.75. The minimum absolute atomic E-state index is 0.0287. The third kappa shape index (κ3) is 13.7. The van der Waals surface area contributed by atoms with Gasteiger partial charge < -0.3 is 0 Å². The summed E-state index contributed by atoms with van der Waals surface area (Å²) >= 11 is 0. The van der Waals surface area contributed by atoms with Gasteiger partial charge >= 0.3 is 0 Å². The fourth-order valence-electron chi connectivity index (χ4n) is 3.97. The molecule has 0 spiro atoms. The molecule has 1 aromatic rings. The molecule has 0 bridgehead atoms. The number of carbonyl (C=O) groups is 2. The number of aryl methyl sites for hydroxylation is 1. The number of benzene rings is 1. The molecular weight excluding hydrogens is 368 g/mol. The molecule has 0 aromatic heterocycles. The highest BCUT2D eigenvalue weighted by Gasteiger charge is 2.11. The molecule has 0 saturated heterocycles. The first kappa shape index (κ1) is 26.6. The fraction of sp³-hybridized carbons (Fsp3) is 0.714. The molecule has 0 radical (unpaired) electrons. The lowest BCUT2D eigenvalue weighted by Crippen LogP contribution is -2.08. The summed E-state index contributed by atoms with van der Waals surface area (Å²) in [5.41, 5.74) is 1.98. The number of ketones is 2. The van der Waals surface area contributed by atoms with Gasteiger partial charge in [-0.1, -0.05) is 122 Å². The zero-order chi connectivity index (χ0) is 21.9. The Morgan fingerprint density at radius 2 is 1.07 bits per heavy atom. The van der Waals surface area contributed by atoms with Gasteiger partial charge in [0, 0.05) is 12.0 Å². The van der Waals surface area contributed by atoms with E-state index in [1.54, 1.807) is 0 Å². The van der Waals surface area contributed by atoms with E-state index in [2.05, 4.69) is 26.0 Å². The molecule has 0 aliphatic heterocycles. The quantitative estimate of drug-likeness (QED) is 0.121. The third-order valence-corrected chi connectivity index (χ3v) is 6.01. The van der Waals surface area contributed by atoms with E-state index in [1.165, 1.54) is 89.0 Å². The van der Waals surface area contributed by atoms with Crippen LogP contribution in [0.25, 0.3) is 0 Å². The normalized spacial score (nSPS) is 11.0. The molecule has 0 aliphatic rings.